The lowest BCUT2D eigenvalue weighted by Gasteiger charge is -2.25. The molecule has 2 aliphatic carbocycles. The summed E-state index contributed by atoms with van der Waals surface area (Å²) in [7, 11) is 1.67. The van der Waals surface area contributed by atoms with Crippen molar-refractivity contribution in [2.24, 2.45) is 5.92 Å². The third kappa shape index (κ3) is 2.46. The summed E-state index contributed by atoms with van der Waals surface area (Å²) in [5.74, 6) is 2.54. The van der Waals surface area contributed by atoms with Crippen LogP contribution in [-0.2, 0) is 10.2 Å². The Bertz CT molecular complexity index is 745. The molecule has 8 nitrogen and oxygen atoms in total. The van der Waals surface area contributed by atoms with Gasteiger partial charge in [-0.2, -0.15) is 0 Å². The highest BCUT2D eigenvalue weighted by Crippen LogP contribution is 2.51. The molecular weight excluding hydrogens is 334 g/mol. The van der Waals surface area contributed by atoms with E-state index in [1.165, 1.54) is 22.6 Å². The molecule has 8 heteroatoms. The summed E-state index contributed by atoms with van der Waals surface area (Å²) in [6, 6.07) is -0.185. The fourth-order valence-corrected chi connectivity index (χ4v) is 4.97. The lowest BCUT2D eigenvalue weighted by atomic mass is 9.80. The molecule has 5 rings (SSSR count). The average Bonchev–Trinajstić information content (AvgIpc) is 2.95. The first-order valence-electron chi connectivity index (χ1n) is 9.68. The Morgan fingerprint density at radius 1 is 1.19 bits per heavy atom. The largest absolute Gasteiger partial charge is 0.424 e. The van der Waals surface area contributed by atoms with Crippen LogP contribution in [0.5, 0.6) is 0 Å². The molecule has 2 atom stereocenters. The summed E-state index contributed by atoms with van der Waals surface area (Å²) >= 11 is 0. The Morgan fingerprint density at radius 2 is 2.04 bits per heavy atom. The third-order valence-corrected chi connectivity index (χ3v) is 6.61. The van der Waals surface area contributed by atoms with E-state index in [-0.39, 0.29) is 23.9 Å². The molecule has 2 aliphatic heterocycles. The van der Waals surface area contributed by atoms with Crippen molar-refractivity contribution in [2.75, 3.05) is 39.8 Å². The Morgan fingerprint density at radius 3 is 2.77 bits per heavy atom. The molecule has 140 valence electrons. The molecule has 3 heterocycles. The second-order valence-electron chi connectivity index (χ2n) is 8.38. The Balaban J connectivity index is 1.28. The van der Waals surface area contributed by atoms with Crippen molar-refractivity contribution in [1.82, 2.24) is 24.9 Å². The number of carbonyl (C=O) groups excluding carboxylic acids is 2. The summed E-state index contributed by atoms with van der Waals surface area (Å²) < 4.78 is 6.10. The molecule has 2 saturated carbocycles. The number of urea groups is 1. The number of nitrogens with zero attached hydrogens (tertiary/aromatic N) is 5. The second-order valence-corrected chi connectivity index (χ2v) is 8.38. The summed E-state index contributed by atoms with van der Waals surface area (Å²) in [5, 5.41) is 8.73. The van der Waals surface area contributed by atoms with Gasteiger partial charge >= 0.3 is 6.03 Å². The van der Waals surface area contributed by atoms with Gasteiger partial charge in [0.25, 0.3) is 0 Å². The maximum Gasteiger partial charge on any atom is 0.327 e. The number of carbonyl (C=O) groups is 2. The van der Waals surface area contributed by atoms with Crippen molar-refractivity contribution in [3.05, 3.63) is 11.8 Å². The van der Waals surface area contributed by atoms with Gasteiger partial charge in [-0.25, -0.2) is 4.79 Å². The zero-order valence-corrected chi connectivity index (χ0v) is 15.2. The van der Waals surface area contributed by atoms with Crippen LogP contribution in [0.2, 0.25) is 0 Å². The zero-order chi connectivity index (χ0) is 17.9. The molecule has 0 N–H and O–H groups in total. The average molecular weight is 359 g/mol. The second kappa shape index (κ2) is 5.77. The van der Waals surface area contributed by atoms with Crippen molar-refractivity contribution >= 4 is 11.9 Å². The predicted molar refractivity (Wildman–Crippen MR) is 91.5 cm³/mol. The molecule has 0 spiro atoms. The van der Waals surface area contributed by atoms with Gasteiger partial charge in [-0.15, -0.1) is 10.2 Å². The first-order valence-corrected chi connectivity index (χ1v) is 9.68. The van der Waals surface area contributed by atoms with Gasteiger partial charge in [0.05, 0.1) is 5.41 Å². The smallest absolute Gasteiger partial charge is 0.327 e. The molecule has 3 amide bonds. The van der Waals surface area contributed by atoms with Gasteiger partial charge in [0, 0.05) is 39.1 Å². The van der Waals surface area contributed by atoms with E-state index in [1.54, 1.807) is 7.05 Å². The minimum Gasteiger partial charge on any atom is -0.424 e. The zero-order valence-electron chi connectivity index (χ0n) is 15.2. The van der Waals surface area contributed by atoms with Gasteiger partial charge in [-0.1, -0.05) is 6.42 Å². The van der Waals surface area contributed by atoms with Crippen LogP contribution in [0.1, 0.15) is 49.8 Å². The van der Waals surface area contributed by atoms with Crippen LogP contribution >= 0.6 is 0 Å². The fraction of sp³-hybridized carbons (Fsp3) is 0.778. The predicted octanol–water partition coefficient (Wildman–Crippen LogP) is 1.19. The standard InChI is InChI=1S/C18H25N5O3/c1-21-10-14(24)23(17(21)25)8-7-22-9-13-3-2-6-18(13,11-22)16-20-19-15(26-16)12-4-5-12/h12-13H,2-11H2,1H3/t13-,18-/m0/s1. The van der Waals surface area contributed by atoms with Crippen molar-refractivity contribution in [3.8, 4) is 0 Å². The van der Waals surface area contributed by atoms with Gasteiger partial charge in [0.2, 0.25) is 17.7 Å². The van der Waals surface area contributed by atoms with E-state index in [0.717, 1.165) is 44.1 Å². The SMILES string of the molecule is CN1CC(=O)N(CCN2C[C@@H]3CCC[C@]3(c3nnc(C4CC4)o3)C2)C1=O. The summed E-state index contributed by atoms with van der Waals surface area (Å²) in [6.07, 6.45) is 5.80. The molecule has 26 heavy (non-hydrogen) atoms. The van der Waals surface area contributed by atoms with Gasteiger partial charge in [0.15, 0.2) is 0 Å². The van der Waals surface area contributed by atoms with Crippen molar-refractivity contribution in [2.45, 2.75) is 43.4 Å². The minimum absolute atomic E-state index is 0.0318. The van der Waals surface area contributed by atoms with Crippen molar-refractivity contribution in [1.29, 1.82) is 0 Å². The molecule has 2 saturated heterocycles. The molecular formula is C18H25N5O3. The number of rotatable bonds is 5. The molecule has 4 aliphatic rings. The molecule has 0 bridgehead atoms. The van der Waals surface area contributed by atoms with Crippen molar-refractivity contribution in [3.63, 3.8) is 0 Å². The number of hydrogen-bond acceptors (Lipinski definition) is 6. The fourth-order valence-electron chi connectivity index (χ4n) is 4.97. The number of likely N-dealkylation sites (tertiary alicyclic amines) is 1. The Labute approximate surface area is 152 Å². The monoisotopic (exact) mass is 359 g/mol. The Hall–Kier alpha value is -1.96. The quantitative estimate of drug-likeness (QED) is 0.735. The van der Waals surface area contributed by atoms with E-state index in [2.05, 4.69) is 15.1 Å². The van der Waals surface area contributed by atoms with Crippen molar-refractivity contribution < 1.29 is 14.0 Å². The number of likely N-dealkylation sites (N-methyl/N-ethyl adjacent to an activating group) is 1. The number of fused-ring (bicyclic) bond motifs is 1. The Kier molecular flexibility index (Phi) is 3.60. The number of imide groups is 1. The number of amides is 3. The highest BCUT2D eigenvalue weighted by Gasteiger charge is 2.54. The van der Waals surface area contributed by atoms with Crippen LogP contribution in [0, 0.1) is 5.92 Å². The molecule has 0 radical (unpaired) electrons. The van der Waals surface area contributed by atoms with Crippen LogP contribution < -0.4 is 0 Å². The van der Waals surface area contributed by atoms with E-state index in [0.29, 0.717) is 24.9 Å². The summed E-state index contributed by atoms with van der Waals surface area (Å²) in [4.78, 5) is 29.2. The van der Waals surface area contributed by atoms with Gasteiger partial charge in [0.1, 0.15) is 6.54 Å². The van der Waals surface area contributed by atoms with Gasteiger partial charge in [-0.3, -0.25) is 9.69 Å². The van der Waals surface area contributed by atoms with E-state index in [9.17, 15) is 9.59 Å². The molecule has 4 fully saturated rings. The highest BCUT2D eigenvalue weighted by molar-refractivity contribution is 6.01. The normalized spacial score (nSPS) is 32.1. The summed E-state index contributed by atoms with van der Waals surface area (Å²) in [5.41, 5.74) is -0.0318. The molecule has 1 aromatic heterocycles. The lowest BCUT2D eigenvalue weighted by molar-refractivity contribution is -0.125. The third-order valence-electron chi connectivity index (χ3n) is 6.61. The lowest BCUT2D eigenvalue weighted by Crippen LogP contribution is -2.39. The maximum atomic E-state index is 12.1. The van der Waals surface area contributed by atoms with Gasteiger partial charge < -0.3 is 14.2 Å². The molecule has 0 aromatic carbocycles. The number of aromatic nitrogens is 2. The van der Waals surface area contributed by atoms with Crippen LogP contribution in [0.25, 0.3) is 0 Å². The van der Waals surface area contributed by atoms with Crippen LogP contribution in [0.15, 0.2) is 4.42 Å². The topological polar surface area (TPSA) is 82.8 Å². The van der Waals surface area contributed by atoms with Gasteiger partial charge in [-0.05, 0) is 31.6 Å². The minimum atomic E-state index is -0.185. The first kappa shape index (κ1) is 16.2. The van der Waals surface area contributed by atoms with Crippen LogP contribution in [0.4, 0.5) is 4.79 Å². The van der Waals surface area contributed by atoms with E-state index in [1.807, 2.05) is 0 Å². The van der Waals surface area contributed by atoms with Crippen LogP contribution in [0.3, 0.4) is 0 Å². The molecule has 1 aromatic rings. The summed E-state index contributed by atoms with van der Waals surface area (Å²) in [6.45, 7) is 3.23. The maximum absolute atomic E-state index is 12.1. The van der Waals surface area contributed by atoms with E-state index in [4.69, 9.17) is 4.42 Å². The first-order chi connectivity index (χ1) is 12.6. The molecule has 0 unspecified atom stereocenters. The number of hydrogen-bond donors (Lipinski definition) is 0. The van der Waals surface area contributed by atoms with E-state index >= 15 is 0 Å². The highest BCUT2D eigenvalue weighted by atomic mass is 16.4. The van der Waals surface area contributed by atoms with E-state index < -0.39 is 0 Å². The van der Waals surface area contributed by atoms with Crippen LogP contribution in [-0.4, -0.2) is 76.6 Å².